The fraction of sp³-hybridized carbons (Fsp3) is 0.667. The third-order valence-corrected chi connectivity index (χ3v) is 3.80. The number of ether oxygens (including phenoxy) is 2. The predicted molar refractivity (Wildman–Crippen MR) is 86.6 cm³/mol. The summed E-state index contributed by atoms with van der Waals surface area (Å²) in [5.41, 5.74) is 2.68. The number of fused-ring (bicyclic) bond motifs is 1. The van der Waals surface area contributed by atoms with Crippen LogP contribution in [0.1, 0.15) is 51.3 Å². The van der Waals surface area contributed by atoms with Gasteiger partial charge in [0.15, 0.2) is 0 Å². The summed E-state index contributed by atoms with van der Waals surface area (Å²) in [5, 5.41) is 3.53. The smallest absolute Gasteiger partial charge is 0.0843 e. The van der Waals surface area contributed by atoms with E-state index in [0.717, 1.165) is 32.6 Å². The number of benzene rings is 1. The molecule has 2 unspecified atom stereocenters. The molecular formula is C18H29NO2. The molecule has 2 atom stereocenters. The summed E-state index contributed by atoms with van der Waals surface area (Å²) in [6.45, 7) is 10.9. The highest BCUT2D eigenvalue weighted by Gasteiger charge is 2.24. The van der Waals surface area contributed by atoms with E-state index in [1.807, 2.05) is 0 Å². The van der Waals surface area contributed by atoms with Crippen molar-refractivity contribution in [1.29, 1.82) is 0 Å². The van der Waals surface area contributed by atoms with Crippen molar-refractivity contribution in [2.75, 3.05) is 19.8 Å². The van der Waals surface area contributed by atoms with Crippen LogP contribution in [0, 0.1) is 0 Å². The Hall–Kier alpha value is -0.900. The van der Waals surface area contributed by atoms with Crippen molar-refractivity contribution in [3.8, 4) is 0 Å². The average molecular weight is 291 g/mol. The predicted octanol–water partition coefficient (Wildman–Crippen LogP) is 3.48. The first kappa shape index (κ1) is 16.5. The minimum atomic E-state index is -0.0982. The van der Waals surface area contributed by atoms with Crippen LogP contribution in [-0.2, 0) is 15.9 Å². The van der Waals surface area contributed by atoms with Gasteiger partial charge >= 0.3 is 0 Å². The zero-order chi connectivity index (χ0) is 15.3. The molecule has 118 valence electrons. The molecule has 1 aliphatic heterocycles. The average Bonchev–Trinajstić information content (AvgIpc) is 2.44. The zero-order valence-electron chi connectivity index (χ0n) is 13.8. The molecule has 0 spiro atoms. The van der Waals surface area contributed by atoms with Crippen molar-refractivity contribution in [2.24, 2.45) is 0 Å². The molecule has 1 aromatic carbocycles. The molecule has 1 heterocycles. The van der Waals surface area contributed by atoms with Crippen LogP contribution >= 0.6 is 0 Å². The molecule has 0 fully saturated rings. The maximum absolute atomic E-state index is 6.02. The van der Waals surface area contributed by atoms with Gasteiger partial charge in [0.2, 0.25) is 0 Å². The maximum atomic E-state index is 6.02. The number of likely N-dealkylation sites (N-methyl/N-ethyl adjacent to an activating group) is 1. The van der Waals surface area contributed by atoms with Crippen molar-refractivity contribution in [2.45, 2.75) is 58.3 Å². The van der Waals surface area contributed by atoms with Gasteiger partial charge in [0, 0.05) is 6.04 Å². The van der Waals surface area contributed by atoms with Gasteiger partial charge < -0.3 is 14.8 Å². The van der Waals surface area contributed by atoms with Crippen LogP contribution < -0.4 is 5.32 Å². The number of nitrogens with one attached hydrogen (secondary N) is 1. The Balaban J connectivity index is 2.00. The molecular weight excluding hydrogens is 262 g/mol. The molecule has 0 amide bonds. The molecule has 0 saturated heterocycles. The molecule has 1 aliphatic rings. The molecule has 0 radical (unpaired) electrons. The second-order valence-corrected chi connectivity index (χ2v) is 6.72. The van der Waals surface area contributed by atoms with Crippen LogP contribution in [0.3, 0.4) is 0 Å². The fourth-order valence-electron chi connectivity index (χ4n) is 2.78. The van der Waals surface area contributed by atoms with E-state index in [-0.39, 0.29) is 11.7 Å². The summed E-state index contributed by atoms with van der Waals surface area (Å²) in [5.74, 6) is 0. The first-order valence-electron chi connectivity index (χ1n) is 8.06. The van der Waals surface area contributed by atoms with Crippen LogP contribution in [-0.4, -0.2) is 31.4 Å². The minimum Gasteiger partial charge on any atom is -0.374 e. The normalized spacial score (nSPS) is 20.1. The SMILES string of the molecule is CCNC(COC(C)(C)C)CC1OCCc2ccccc21. The van der Waals surface area contributed by atoms with E-state index in [1.54, 1.807) is 0 Å². The van der Waals surface area contributed by atoms with E-state index in [0.29, 0.717) is 6.04 Å². The van der Waals surface area contributed by atoms with Crippen molar-refractivity contribution >= 4 is 0 Å². The summed E-state index contributed by atoms with van der Waals surface area (Å²) >= 11 is 0. The lowest BCUT2D eigenvalue weighted by atomic mass is 9.93. The van der Waals surface area contributed by atoms with E-state index in [1.165, 1.54) is 11.1 Å². The third kappa shape index (κ3) is 5.10. The van der Waals surface area contributed by atoms with Gasteiger partial charge in [0.05, 0.1) is 24.9 Å². The Morgan fingerprint density at radius 1 is 1.33 bits per heavy atom. The lowest BCUT2D eigenvalue weighted by Crippen LogP contribution is -2.38. The first-order chi connectivity index (χ1) is 9.99. The molecule has 0 aliphatic carbocycles. The Labute approximate surface area is 129 Å². The summed E-state index contributed by atoms with van der Waals surface area (Å²) in [6, 6.07) is 8.97. The Kier molecular flexibility index (Phi) is 5.80. The number of rotatable bonds is 6. The quantitative estimate of drug-likeness (QED) is 0.870. The highest BCUT2D eigenvalue weighted by atomic mass is 16.5. The van der Waals surface area contributed by atoms with E-state index in [4.69, 9.17) is 9.47 Å². The standard InChI is InChI=1S/C18H29NO2/c1-5-19-15(13-21-18(2,3)4)12-17-16-9-7-6-8-14(16)10-11-20-17/h6-9,15,17,19H,5,10-13H2,1-4H3. The van der Waals surface area contributed by atoms with Crippen LogP contribution in [0.5, 0.6) is 0 Å². The molecule has 0 bridgehead atoms. The first-order valence-corrected chi connectivity index (χ1v) is 8.06. The van der Waals surface area contributed by atoms with E-state index in [2.05, 4.69) is 57.3 Å². The van der Waals surface area contributed by atoms with Gasteiger partial charge in [-0.1, -0.05) is 31.2 Å². The highest BCUT2D eigenvalue weighted by molar-refractivity contribution is 5.31. The van der Waals surface area contributed by atoms with Gasteiger partial charge in [-0.05, 0) is 51.3 Å². The van der Waals surface area contributed by atoms with Crippen molar-refractivity contribution < 1.29 is 9.47 Å². The number of hydrogen-bond acceptors (Lipinski definition) is 3. The monoisotopic (exact) mass is 291 g/mol. The van der Waals surface area contributed by atoms with Crippen LogP contribution in [0.15, 0.2) is 24.3 Å². The zero-order valence-corrected chi connectivity index (χ0v) is 13.8. The van der Waals surface area contributed by atoms with Crippen LogP contribution in [0.2, 0.25) is 0 Å². The van der Waals surface area contributed by atoms with Crippen molar-refractivity contribution in [3.63, 3.8) is 0 Å². The summed E-state index contributed by atoms with van der Waals surface area (Å²) in [7, 11) is 0. The van der Waals surface area contributed by atoms with Gasteiger partial charge in [-0.25, -0.2) is 0 Å². The minimum absolute atomic E-state index is 0.0982. The molecule has 1 aromatic rings. The van der Waals surface area contributed by atoms with Gasteiger partial charge in [-0.3, -0.25) is 0 Å². The highest BCUT2D eigenvalue weighted by Crippen LogP contribution is 2.30. The fourth-order valence-corrected chi connectivity index (χ4v) is 2.78. The lowest BCUT2D eigenvalue weighted by Gasteiger charge is -2.31. The third-order valence-electron chi connectivity index (χ3n) is 3.80. The van der Waals surface area contributed by atoms with Gasteiger partial charge in [-0.15, -0.1) is 0 Å². The molecule has 3 heteroatoms. The molecule has 21 heavy (non-hydrogen) atoms. The van der Waals surface area contributed by atoms with E-state index < -0.39 is 0 Å². The summed E-state index contributed by atoms with van der Waals surface area (Å²) < 4.78 is 12.0. The summed E-state index contributed by atoms with van der Waals surface area (Å²) in [4.78, 5) is 0. The van der Waals surface area contributed by atoms with E-state index in [9.17, 15) is 0 Å². The van der Waals surface area contributed by atoms with Gasteiger partial charge in [0.25, 0.3) is 0 Å². The van der Waals surface area contributed by atoms with E-state index >= 15 is 0 Å². The second-order valence-electron chi connectivity index (χ2n) is 6.72. The largest absolute Gasteiger partial charge is 0.374 e. The maximum Gasteiger partial charge on any atom is 0.0843 e. The van der Waals surface area contributed by atoms with Crippen LogP contribution in [0.4, 0.5) is 0 Å². The van der Waals surface area contributed by atoms with Crippen LogP contribution in [0.25, 0.3) is 0 Å². The lowest BCUT2D eigenvalue weighted by molar-refractivity contribution is -0.0298. The Morgan fingerprint density at radius 2 is 2.10 bits per heavy atom. The Morgan fingerprint density at radius 3 is 2.81 bits per heavy atom. The molecule has 1 N–H and O–H groups in total. The van der Waals surface area contributed by atoms with Crippen molar-refractivity contribution in [3.05, 3.63) is 35.4 Å². The van der Waals surface area contributed by atoms with Crippen molar-refractivity contribution in [1.82, 2.24) is 5.32 Å². The molecule has 3 nitrogen and oxygen atoms in total. The topological polar surface area (TPSA) is 30.5 Å². The van der Waals surface area contributed by atoms with Gasteiger partial charge in [-0.2, -0.15) is 0 Å². The molecule has 2 rings (SSSR count). The number of hydrogen-bond donors (Lipinski definition) is 1. The Bertz CT molecular complexity index is 439. The second kappa shape index (κ2) is 7.39. The molecule has 0 aromatic heterocycles. The summed E-state index contributed by atoms with van der Waals surface area (Å²) in [6.07, 6.45) is 2.17. The van der Waals surface area contributed by atoms with Gasteiger partial charge in [0.1, 0.15) is 0 Å². The molecule has 0 saturated carbocycles.